The Labute approximate surface area is 179 Å². The number of hydrogen-bond donors (Lipinski definition) is 1. The van der Waals surface area contributed by atoms with Crippen molar-refractivity contribution in [2.24, 2.45) is 5.92 Å². The maximum atomic E-state index is 12.5. The number of anilines is 2. The maximum Gasteiger partial charge on any atom is 0.274 e. The van der Waals surface area contributed by atoms with Crippen LogP contribution >= 0.6 is 11.8 Å². The molecule has 2 aromatic rings. The van der Waals surface area contributed by atoms with E-state index in [0.717, 1.165) is 55.8 Å². The first-order chi connectivity index (χ1) is 14.4. The largest absolute Gasteiger partial charge is 0.341 e. The van der Waals surface area contributed by atoms with Crippen LogP contribution in [0, 0.1) is 23.0 Å². The third-order valence-electron chi connectivity index (χ3n) is 5.73. The molecule has 1 N–H and O–H groups in total. The molecule has 30 heavy (non-hydrogen) atoms. The lowest BCUT2D eigenvalue weighted by Gasteiger charge is -2.31. The van der Waals surface area contributed by atoms with Crippen molar-refractivity contribution in [2.75, 3.05) is 29.1 Å². The third kappa shape index (κ3) is 4.43. The van der Waals surface area contributed by atoms with E-state index in [1.54, 1.807) is 19.1 Å². The minimum absolute atomic E-state index is 0.00517. The molecule has 0 bridgehead atoms. The van der Waals surface area contributed by atoms with Gasteiger partial charge in [0.2, 0.25) is 11.9 Å². The molecule has 4 rings (SSSR count). The van der Waals surface area contributed by atoms with Crippen LogP contribution < -0.4 is 10.2 Å². The molecule has 0 radical (unpaired) electrons. The standard InChI is InChI=1S/C20H26N6O3S/c1-13-8-10-24(11-9-13)19-22-23-20(25(19)15-6-7-15)30-12-18(27)21-16-4-3-5-17(14(16)2)26(28)29/h3-5,13,15H,6-12H2,1-2H3,(H,21,27). The second-order valence-corrected chi connectivity index (χ2v) is 9.04. The minimum atomic E-state index is -0.444. The molecule has 1 aromatic heterocycles. The fourth-order valence-corrected chi connectivity index (χ4v) is 4.52. The fourth-order valence-electron chi connectivity index (χ4n) is 3.72. The molecular weight excluding hydrogens is 404 g/mol. The van der Waals surface area contributed by atoms with E-state index in [9.17, 15) is 14.9 Å². The number of carbonyl (C=O) groups is 1. The van der Waals surface area contributed by atoms with E-state index >= 15 is 0 Å². The zero-order chi connectivity index (χ0) is 21.3. The van der Waals surface area contributed by atoms with E-state index in [2.05, 4.69) is 31.9 Å². The van der Waals surface area contributed by atoms with Gasteiger partial charge in [0.1, 0.15) is 0 Å². The van der Waals surface area contributed by atoms with Gasteiger partial charge in [-0.1, -0.05) is 24.8 Å². The summed E-state index contributed by atoms with van der Waals surface area (Å²) in [5.74, 6) is 1.61. The number of piperidine rings is 1. The molecule has 1 saturated carbocycles. The predicted octanol–water partition coefficient (Wildman–Crippen LogP) is 3.80. The number of rotatable bonds is 7. The molecule has 1 aliphatic carbocycles. The van der Waals surface area contributed by atoms with E-state index in [-0.39, 0.29) is 17.3 Å². The molecule has 2 aliphatic rings. The first-order valence-corrected chi connectivity index (χ1v) is 11.3. The van der Waals surface area contributed by atoms with E-state index < -0.39 is 4.92 Å². The van der Waals surface area contributed by atoms with Crippen molar-refractivity contribution >= 4 is 35.0 Å². The van der Waals surface area contributed by atoms with Crippen LogP contribution in [0.15, 0.2) is 23.4 Å². The second kappa shape index (κ2) is 8.63. The van der Waals surface area contributed by atoms with E-state index in [1.807, 2.05) is 0 Å². The Morgan fingerprint density at radius 2 is 2.00 bits per heavy atom. The highest BCUT2D eigenvalue weighted by Crippen LogP contribution is 2.41. The Kier molecular flexibility index (Phi) is 5.94. The number of nitrogens with zero attached hydrogens (tertiary/aromatic N) is 5. The van der Waals surface area contributed by atoms with Crippen molar-refractivity contribution < 1.29 is 9.72 Å². The number of amides is 1. The Morgan fingerprint density at radius 3 is 2.67 bits per heavy atom. The fraction of sp³-hybridized carbons (Fsp3) is 0.550. The van der Waals surface area contributed by atoms with Crippen molar-refractivity contribution in [3.8, 4) is 0 Å². The molecule has 1 aromatic carbocycles. The van der Waals surface area contributed by atoms with Crippen molar-refractivity contribution in [1.82, 2.24) is 14.8 Å². The number of carbonyl (C=O) groups excluding carboxylic acids is 1. The van der Waals surface area contributed by atoms with E-state index in [1.165, 1.54) is 17.8 Å². The summed E-state index contributed by atoms with van der Waals surface area (Å²) >= 11 is 1.36. The molecule has 2 heterocycles. The summed E-state index contributed by atoms with van der Waals surface area (Å²) in [6.07, 6.45) is 4.54. The predicted molar refractivity (Wildman–Crippen MR) is 116 cm³/mol. The lowest BCUT2D eigenvalue weighted by molar-refractivity contribution is -0.385. The monoisotopic (exact) mass is 430 g/mol. The Balaban J connectivity index is 1.42. The van der Waals surface area contributed by atoms with Gasteiger partial charge in [0, 0.05) is 25.2 Å². The lowest BCUT2D eigenvalue weighted by atomic mass is 10.00. The van der Waals surface area contributed by atoms with Crippen LogP contribution in [0.3, 0.4) is 0 Å². The number of nitrogens with one attached hydrogen (secondary N) is 1. The van der Waals surface area contributed by atoms with Crippen LogP contribution in [0.1, 0.15) is 44.2 Å². The van der Waals surface area contributed by atoms with Crippen molar-refractivity contribution in [1.29, 1.82) is 0 Å². The van der Waals surface area contributed by atoms with Crippen LogP contribution in [0.4, 0.5) is 17.3 Å². The van der Waals surface area contributed by atoms with Gasteiger partial charge in [-0.3, -0.25) is 19.5 Å². The third-order valence-corrected chi connectivity index (χ3v) is 6.68. The zero-order valence-corrected chi connectivity index (χ0v) is 18.0. The Morgan fingerprint density at radius 1 is 1.27 bits per heavy atom. The van der Waals surface area contributed by atoms with Gasteiger partial charge in [-0.2, -0.15) is 0 Å². The Hall–Kier alpha value is -2.62. The van der Waals surface area contributed by atoms with Crippen molar-refractivity contribution in [3.05, 3.63) is 33.9 Å². The molecule has 1 amide bonds. The number of nitro groups is 1. The average molecular weight is 431 g/mol. The van der Waals surface area contributed by atoms with Gasteiger partial charge < -0.3 is 10.2 Å². The maximum absolute atomic E-state index is 12.5. The number of nitro benzene ring substituents is 1. The highest BCUT2D eigenvalue weighted by Gasteiger charge is 2.32. The van der Waals surface area contributed by atoms with Gasteiger partial charge >= 0.3 is 0 Å². The average Bonchev–Trinajstić information content (AvgIpc) is 3.47. The summed E-state index contributed by atoms with van der Waals surface area (Å²) in [5, 5.41) is 23.5. The first kappa shape index (κ1) is 20.6. The molecule has 0 atom stereocenters. The van der Waals surface area contributed by atoms with Crippen molar-refractivity contribution in [3.63, 3.8) is 0 Å². The molecule has 0 unspecified atom stereocenters. The van der Waals surface area contributed by atoms with Crippen LogP contribution in [-0.4, -0.2) is 44.4 Å². The van der Waals surface area contributed by atoms with E-state index in [4.69, 9.17) is 0 Å². The topological polar surface area (TPSA) is 106 Å². The van der Waals surface area contributed by atoms with Gasteiger partial charge in [-0.05, 0) is 44.6 Å². The smallest absolute Gasteiger partial charge is 0.274 e. The number of aromatic nitrogens is 3. The quantitative estimate of drug-likeness (QED) is 0.404. The zero-order valence-electron chi connectivity index (χ0n) is 17.2. The molecule has 0 spiro atoms. The van der Waals surface area contributed by atoms with Crippen LogP contribution in [0.25, 0.3) is 0 Å². The summed E-state index contributed by atoms with van der Waals surface area (Å²) < 4.78 is 2.19. The summed E-state index contributed by atoms with van der Waals surface area (Å²) in [5.41, 5.74) is 0.902. The van der Waals surface area contributed by atoms with Crippen LogP contribution in [-0.2, 0) is 4.79 Å². The normalized spacial score (nSPS) is 17.2. The van der Waals surface area contributed by atoms with Crippen LogP contribution in [0.5, 0.6) is 0 Å². The van der Waals surface area contributed by atoms with Gasteiger partial charge in [0.25, 0.3) is 5.69 Å². The number of hydrogen-bond acceptors (Lipinski definition) is 7. The summed E-state index contributed by atoms with van der Waals surface area (Å²) in [7, 11) is 0. The highest BCUT2D eigenvalue weighted by molar-refractivity contribution is 7.99. The van der Waals surface area contributed by atoms with Gasteiger partial charge in [0.05, 0.1) is 21.9 Å². The molecule has 1 aliphatic heterocycles. The molecule has 1 saturated heterocycles. The van der Waals surface area contributed by atoms with E-state index in [0.29, 0.717) is 17.3 Å². The number of benzene rings is 1. The lowest BCUT2D eigenvalue weighted by Crippen LogP contribution is -2.34. The van der Waals surface area contributed by atoms with Gasteiger partial charge in [-0.25, -0.2) is 0 Å². The van der Waals surface area contributed by atoms with Crippen molar-refractivity contribution in [2.45, 2.75) is 50.7 Å². The minimum Gasteiger partial charge on any atom is -0.341 e. The molecular formula is C20H26N6O3S. The second-order valence-electron chi connectivity index (χ2n) is 8.10. The number of thioether (sulfide) groups is 1. The molecule has 2 fully saturated rings. The molecule has 160 valence electrons. The SMILES string of the molecule is Cc1c(NC(=O)CSc2nnc(N3CCC(C)CC3)n2C2CC2)cccc1[N+](=O)[O-]. The van der Waals surface area contributed by atoms with Gasteiger partial charge in [-0.15, -0.1) is 10.2 Å². The summed E-state index contributed by atoms with van der Waals surface area (Å²) in [6, 6.07) is 5.09. The Bertz CT molecular complexity index is 950. The summed E-state index contributed by atoms with van der Waals surface area (Å²) in [6.45, 7) is 5.90. The van der Waals surface area contributed by atoms with Crippen LogP contribution in [0.2, 0.25) is 0 Å². The molecule has 9 nitrogen and oxygen atoms in total. The first-order valence-electron chi connectivity index (χ1n) is 10.3. The highest BCUT2D eigenvalue weighted by atomic mass is 32.2. The molecule has 10 heteroatoms. The summed E-state index contributed by atoms with van der Waals surface area (Å²) in [4.78, 5) is 25.4. The van der Waals surface area contributed by atoms with Gasteiger partial charge in [0.15, 0.2) is 5.16 Å².